The Hall–Kier alpha value is -2.68. The Morgan fingerprint density at radius 2 is 1.67 bits per heavy atom. The second kappa shape index (κ2) is 6.44. The lowest BCUT2D eigenvalue weighted by Crippen LogP contribution is -2.20. The van der Waals surface area contributed by atoms with Crippen molar-refractivity contribution in [1.29, 1.82) is 0 Å². The van der Waals surface area contributed by atoms with E-state index in [1.165, 1.54) is 0 Å². The van der Waals surface area contributed by atoms with E-state index in [0.717, 1.165) is 51.5 Å². The lowest BCUT2D eigenvalue weighted by atomic mass is 9.85. The average Bonchev–Trinajstić information content (AvgIpc) is 2.59. The number of aryl methyl sites for hydroxylation is 1. The van der Waals surface area contributed by atoms with Crippen molar-refractivity contribution in [2.24, 2.45) is 4.99 Å². The number of nitrogens with one attached hydrogen (secondary N) is 1. The summed E-state index contributed by atoms with van der Waals surface area (Å²) in [5.41, 5.74) is 7.41. The van der Waals surface area contributed by atoms with Gasteiger partial charge in [0.1, 0.15) is 0 Å². The fourth-order valence-electron chi connectivity index (χ4n) is 3.00. The number of hydrogen-bond donors (Lipinski definition) is 1. The van der Waals surface area contributed by atoms with E-state index in [-0.39, 0.29) is 5.78 Å². The molecule has 1 aliphatic rings. The van der Waals surface area contributed by atoms with Gasteiger partial charge in [-0.1, -0.05) is 24.3 Å². The molecule has 0 spiro atoms. The minimum Gasteiger partial charge on any atom is -0.385 e. The lowest BCUT2D eigenvalue weighted by molar-refractivity contribution is 0.103. The molecule has 0 atom stereocenters. The molecule has 2 aromatic rings. The van der Waals surface area contributed by atoms with Gasteiger partial charge in [0, 0.05) is 28.9 Å². The number of Topliss-reactive ketones (excluding diaryl/α,β-unsaturated/α-hetero) is 1. The minimum absolute atomic E-state index is 0.0984. The molecule has 0 saturated carbocycles. The summed E-state index contributed by atoms with van der Waals surface area (Å²) in [6.45, 7) is 8.89. The number of hydrogen-bond acceptors (Lipinski definition) is 3. The SMILES string of the molecule is CCNc1ccc(N=C2C(C)=C(C)C(=O)c3ccccc32)c(C)c1. The van der Waals surface area contributed by atoms with Gasteiger partial charge in [-0.2, -0.15) is 0 Å². The first kappa shape index (κ1) is 16.2. The molecule has 0 fully saturated rings. The second-order valence-corrected chi connectivity index (χ2v) is 6.12. The lowest BCUT2D eigenvalue weighted by Gasteiger charge is -2.20. The fraction of sp³-hybridized carbons (Fsp3) is 0.238. The molecule has 122 valence electrons. The monoisotopic (exact) mass is 318 g/mol. The minimum atomic E-state index is 0.0984. The molecule has 3 heteroatoms. The predicted octanol–water partition coefficient (Wildman–Crippen LogP) is 5.08. The molecule has 0 saturated heterocycles. The topological polar surface area (TPSA) is 41.5 Å². The Morgan fingerprint density at radius 1 is 0.958 bits per heavy atom. The maximum absolute atomic E-state index is 12.5. The van der Waals surface area contributed by atoms with E-state index in [1.54, 1.807) is 0 Å². The van der Waals surface area contributed by atoms with E-state index in [1.807, 2.05) is 50.2 Å². The van der Waals surface area contributed by atoms with Gasteiger partial charge in [-0.25, -0.2) is 4.99 Å². The van der Waals surface area contributed by atoms with E-state index >= 15 is 0 Å². The predicted molar refractivity (Wildman–Crippen MR) is 101 cm³/mol. The number of aliphatic imine (C=N–C) groups is 1. The summed E-state index contributed by atoms with van der Waals surface area (Å²) in [6, 6.07) is 13.9. The van der Waals surface area contributed by atoms with Crippen LogP contribution in [0, 0.1) is 6.92 Å². The summed E-state index contributed by atoms with van der Waals surface area (Å²) >= 11 is 0. The Bertz CT molecular complexity index is 875. The molecule has 0 radical (unpaired) electrons. The number of benzene rings is 2. The highest BCUT2D eigenvalue weighted by atomic mass is 16.1. The van der Waals surface area contributed by atoms with Crippen LogP contribution in [0.3, 0.4) is 0 Å². The van der Waals surface area contributed by atoms with Crippen molar-refractivity contribution in [1.82, 2.24) is 0 Å². The van der Waals surface area contributed by atoms with Gasteiger partial charge in [0.2, 0.25) is 0 Å². The number of nitrogens with zero attached hydrogens (tertiary/aromatic N) is 1. The normalized spacial score (nSPS) is 15.7. The summed E-state index contributed by atoms with van der Waals surface area (Å²) in [5.74, 6) is 0.0984. The summed E-state index contributed by atoms with van der Waals surface area (Å²) in [4.78, 5) is 17.4. The van der Waals surface area contributed by atoms with Crippen molar-refractivity contribution in [3.8, 4) is 0 Å². The molecule has 1 aliphatic carbocycles. The number of anilines is 1. The van der Waals surface area contributed by atoms with Crippen LogP contribution >= 0.6 is 0 Å². The number of allylic oxidation sites excluding steroid dienone is 2. The Morgan fingerprint density at radius 3 is 2.33 bits per heavy atom. The highest BCUT2D eigenvalue weighted by molar-refractivity contribution is 6.28. The molecule has 0 bridgehead atoms. The van der Waals surface area contributed by atoms with E-state index in [0.29, 0.717) is 0 Å². The molecule has 24 heavy (non-hydrogen) atoms. The van der Waals surface area contributed by atoms with Crippen LogP contribution in [0.25, 0.3) is 0 Å². The average molecular weight is 318 g/mol. The Balaban J connectivity index is 2.14. The number of carbonyl (C=O) groups is 1. The quantitative estimate of drug-likeness (QED) is 0.857. The van der Waals surface area contributed by atoms with E-state index in [2.05, 4.69) is 25.2 Å². The third kappa shape index (κ3) is 2.78. The number of fused-ring (bicyclic) bond motifs is 1. The van der Waals surface area contributed by atoms with Gasteiger partial charge in [-0.05, 0) is 57.0 Å². The maximum Gasteiger partial charge on any atom is 0.189 e. The zero-order chi connectivity index (χ0) is 17.3. The first-order valence-corrected chi connectivity index (χ1v) is 8.28. The van der Waals surface area contributed by atoms with Crippen molar-refractivity contribution in [2.45, 2.75) is 27.7 Å². The molecule has 0 aromatic heterocycles. The molecule has 0 unspecified atom stereocenters. The highest BCUT2D eigenvalue weighted by Gasteiger charge is 2.25. The van der Waals surface area contributed by atoms with Crippen LogP contribution in [0.2, 0.25) is 0 Å². The molecule has 0 amide bonds. The molecule has 0 aliphatic heterocycles. The van der Waals surface area contributed by atoms with Crippen molar-refractivity contribution in [3.05, 3.63) is 70.3 Å². The number of rotatable bonds is 3. The summed E-state index contributed by atoms with van der Waals surface area (Å²) in [5, 5.41) is 3.31. The van der Waals surface area contributed by atoms with Gasteiger partial charge in [-0.15, -0.1) is 0 Å². The Labute approximate surface area is 143 Å². The summed E-state index contributed by atoms with van der Waals surface area (Å²) in [6.07, 6.45) is 0. The summed E-state index contributed by atoms with van der Waals surface area (Å²) < 4.78 is 0. The zero-order valence-corrected chi connectivity index (χ0v) is 14.6. The van der Waals surface area contributed by atoms with Crippen molar-refractivity contribution < 1.29 is 4.79 Å². The van der Waals surface area contributed by atoms with Gasteiger partial charge in [-0.3, -0.25) is 4.79 Å². The first-order chi connectivity index (χ1) is 11.5. The molecular weight excluding hydrogens is 296 g/mol. The van der Waals surface area contributed by atoms with Crippen LogP contribution < -0.4 is 5.32 Å². The third-order valence-electron chi connectivity index (χ3n) is 4.50. The zero-order valence-electron chi connectivity index (χ0n) is 14.6. The first-order valence-electron chi connectivity index (χ1n) is 8.28. The van der Waals surface area contributed by atoms with Crippen molar-refractivity contribution in [3.63, 3.8) is 0 Å². The molecule has 0 heterocycles. The van der Waals surface area contributed by atoms with Gasteiger partial charge in [0.25, 0.3) is 0 Å². The van der Waals surface area contributed by atoms with Gasteiger partial charge in [0.05, 0.1) is 11.4 Å². The van der Waals surface area contributed by atoms with Crippen molar-refractivity contribution in [2.75, 3.05) is 11.9 Å². The van der Waals surface area contributed by atoms with Crippen LogP contribution in [0.5, 0.6) is 0 Å². The van der Waals surface area contributed by atoms with Crippen LogP contribution in [-0.4, -0.2) is 18.0 Å². The van der Waals surface area contributed by atoms with Crippen molar-refractivity contribution >= 4 is 22.9 Å². The third-order valence-corrected chi connectivity index (χ3v) is 4.50. The van der Waals surface area contributed by atoms with Gasteiger partial charge in [0.15, 0.2) is 5.78 Å². The maximum atomic E-state index is 12.5. The molecule has 1 N–H and O–H groups in total. The fourth-order valence-corrected chi connectivity index (χ4v) is 3.00. The largest absolute Gasteiger partial charge is 0.385 e. The molecule has 3 nitrogen and oxygen atoms in total. The van der Waals surface area contributed by atoms with Crippen LogP contribution in [-0.2, 0) is 0 Å². The van der Waals surface area contributed by atoms with E-state index in [9.17, 15) is 4.79 Å². The van der Waals surface area contributed by atoms with E-state index < -0.39 is 0 Å². The van der Waals surface area contributed by atoms with Crippen LogP contribution in [0.4, 0.5) is 11.4 Å². The number of ketones is 1. The van der Waals surface area contributed by atoms with E-state index in [4.69, 9.17) is 4.99 Å². The molecular formula is C21H22N2O. The van der Waals surface area contributed by atoms with Crippen LogP contribution in [0.15, 0.2) is 58.6 Å². The van der Waals surface area contributed by atoms with Gasteiger partial charge < -0.3 is 5.32 Å². The molecule has 2 aromatic carbocycles. The van der Waals surface area contributed by atoms with Crippen LogP contribution in [0.1, 0.15) is 42.3 Å². The Kier molecular flexibility index (Phi) is 4.34. The second-order valence-electron chi connectivity index (χ2n) is 6.12. The smallest absolute Gasteiger partial charge is 0.189 e. The van der Waals surface area contributed by atoms with Gasteiger partial charge >= 0.3 is 0 Å². The number of carbonyl (C=O) groups excluding carboxylic acids is 1. The summed E-state index contributed by atoms with van der Waals surface area (Å²) in [7, 11) is 0. The standard InChI is InChI=1S/C21H22N2O/c1-5-22-16-10-11-19(13(2)12-16)23-20-14(3)15(4)21(24)18-9-7-6-8-17(18)20/h6-12,22H,5H2,1-4H3. The molecule has 3 rings (SSSR count). The highest BCUT2D eigenvalue weighted by Crippen LogP contribution is 2.30.